The standard InChI is InChI=1S/C31H24ClFN2O4/c1-37-29-13-6-23(30(17-29)39-20-22-4-9-26(33)10-5-22)16-24(18-34)31(36)35-27-11-14-28(15-12-27)38-19-21-2-7-25(32)8-3-21/h2-17H,19-20H2,1H3,(H,35,36)/b24-16+. The second-order valence-corrected chi connectivity index (χ2v) is 8.82. The molecule has 1 N–H and O–H groups in total. The topological polar surface area (TPSA) is 80.6 Å². The number of nitriles is 1. The molecule has 8 heteroatoms. The van der Waals surface area contributed by atoms with Crippen LogP contribution in [-0.4, -0.2) is 13.0 Å². The maximum Gasteiger partial charge on any atom is 0.266 e. The molecule has 4 rings (SSSR count). The second kappa shape index (κ2) is 13.1. The molecule has 0 saturated heterocycles. The fourth-order valence-electron chi connectivity index (χ4n) is 3.51. The predicted molar refractivity (Wildman–Crippen MR) is 148 cm³/mol. The molecule has 0 spiro atoms. The molecule has 0 aliphatic rings. The Morgan fingerprint density at radius 3 is 2.15 bits per heavy atom. The Bertz CT molecular complexity index is 1500. The maximum atomic E-state index is 13.2. The van der Waals surface area contributed by atoms with Crippen LogP contribution in [0, 0.1) is 17.1 Å². The number of hydrogen-bond donors (Lipinski definition) is 1. The van der Waals surface area contributed by atoms with Gasteiger partial charge in [-0.25, -0.2) is 4.39 Å². The SMILES string of the molecule is COc1ccc(/C=C(\C#N)C(=O)Nc2ccc(OCc3ccc(Cl)cc3)cc2)c(OCc2ccc(F)cc2)c1. The highest BCUT2D eigenvalue weighted by molar-refractivity contribution is 6.30. The van der Waals surface area contributed by atoms with Crippen molar-refractivity contribution >= 4 is 29.3 Å². The van der Waals surface area contributed by atoms with Gasteiger partial charge >= 0.3 is 0 Å². The number of carbonyl (C=O) groups excluding carboxylic acids is 1. The average Bonchev–Trinajstić information content (AvgIpc) is 2.96. The summed E-state index contributed by atoms with van der Waals surface area (Å²) in [5, 5.41) is 13.1. The van der Waals surface area contributed by atoms with Crippen molar-refractivity contribution in [2.45, 2.75) is 13.2 Å². The molecule has 0 radical (unpaired) electrons. The number of anilines is 1. The highest BCUT2D eigenvalue weighted by atomic mass is 35.5. The Kier molecular flexibility index (Phi) is 9.17. The van der Waals surface area contributed by atoms with Gasteiger partial charge in [0.2, 0.25) is 0 Å². The Balaban J connectivity index is 1.43. The van der Waals surface area contributed by atoms with E-state index in [1.165, 1.54) is 25.3 Å². The van der Waals surface area contributed by atoms with E-state index in [1.807, 2.05) is 18.2 Å². The lowest BCUT2D eigenvalue weighted by Crippen LogP contribution is -2.13. The highest BCUT2D eigenvalue weighted by Crippen LogP contribution is 2.28. The first-order valence-corrected chi connectivity index (χ1v) is 12.3. The molecule has 0 saturated carbocycles. The molecule has 4 aromatic carbocycles. The zero-order valence-electron chi connectivity index (χ0n) is 21.0. The molecule has 1 amide bonds. The van der Waals surface area contributed by atoms with Crippen LogP contribution in [0.2, 0.25) is 5.02 Å². The van der Waals surface area contributed by atoms with Crippen molar-refractivity contribution < 1.29 is 23.4 Å². The summed E-state index contributed by atoms with van der Waals surface area (Å²) in [6.45, 7) is 0.534. The van der Waals surface area contributed by atoms with Gasteiger partial charge < -0.3 is 19.5 Å². The highest BCUT2D eigenvalue weighted by Gasteiger charge is 2.13. The summed E-state index contributed by atoms with van der Waals surface area (Å²) in [6.07, 6.45) is 1.44. The monoisotopic (exact) mass is 542 g/mol. The smallest absolute Gasteiger partial charge is 0.266 e. The lowest BCUT2D eigenvalue weighted by molar-refractivity contribution is -0.112. The second-order valence-electron chi connectivity index (χ2n) is 8.38. The molecule has 0 heterocycles. The number of benzene rings is 4. The fraction of sp³-hybridized carbons (Fsp3) is 0.0968. The van der Waals surface area contributed by atoms with Gasteiger partial charge in [-0.1, -0.05) is 35.9 Å². The quantitative estimate of drug-likeness (QED) is 0.169. The van der Waals surface area contributed by atoms with Crippen molar-refractivity contribution in [2.75, 3.05) is 12.4 Å². The number of hydrogen-bond acceptors (Lipinski definition) is 5. The molecule has 0 fully saturated rings. The molecule has 0 unspecified atom stereocenters. The van der Waals surface area contributed by atoms with Gasteiger partial charge in [-0.2, -0.15) is 5.26 Å². The van der Waals surface area contributed by atoms with Crippen LogP contribution in [0.15, 0.2) is 96.6 Å². The normalized spacial score (nSPS) is 10.9. The Morgan fingerprint density at radius 1 is 0.897 bits per heavy atom. The lowest BCUT2D eigenvalue weighted by Gasteiger charge is -2.12. The van der Waals surface area contributed by atoms with E-state index in [-0.39, 0.29) is 18.0 Å². The number of amides is 1. The molecular formula is C31H24ClFN2O4. The third kappa shape index (κ3) is 7.84. The molecule has 0 bridgehead atoms. The first-order chi connectivity index (χ1) is 18.9. The third-order valence-corrected chi connectivity index (χ3v) is 5.88. The first kappa shape index (κ1) is 27.2. The summed E-state index contributed by atoms with van der Waals surface area (Å²) in [5.41, 5.74) is 2.63. The molecule has 196 valence electrons. The van der Waals surface area contributed by atoms with Crippen LogP contribution in [-0.2, 0) is 18.0 Å². The minimum Gasteiger partial charge on any atom is -0.497 e. The average molecular weight is 543 g/mol. The van der Waals surface area contributed by atoms with E-state index in [0.717, 1.165) is 11.1 Å². The van der Waals surface area contributed by atoms with Crippen molar-refractivity contribution in [3.63, 3.8) is 0 Å². The summed E-state index contributed by atoms with van der Waals surface area (Å²) in [4.78, 5) is 12.9. The van der Waals surface area contributed by atoms with Crippen molar-refractivity contribution in [1.82, 2.24) is 0 Å². The van der Waals surface area contributed by atoms with Crippen molar-refractivity contribution in [1.29, 1.82) is 5.26 Å². The van der Waals surface area contributed by atoms with Gasteiger partial charge in [-0.15, -0.1) is 0 Å². The minimum atomic E-state index is -0.576. The molecule has 0 aromatic heterocycles. The van der Waals surface area contributed by atoms with Crippen molar-refractivity contribution in [3.05, 3.63) is 124 Å². The van der Waals surface area contributed by atoms with Crippen LogP contribution < -0.4 is 19.5 Å². The first-order valence-electron chi connectivity index (χ1n) is 11.9. The number of nitrogens with zero attached hydrogens (tertiary/aromatic N) is 1. The zero-order valence-corrected chi connectivity index (χ0v) is 21.7. The van der Waals surface area contributed by atoms with Crippen molar-refractivity contribution in [3.8, 4) is 23.3 Å². The molecule has 4 aromatic rings. The number of nitrogens with one attached hydrogen (secondary N) is 1. The lowest BCUT2D eigenvalue weighted by atomic mass is 10.1. The minimum absolute atomic E-state index is 0.116. The van der Waals surface area contributed by atoms with Crippen LogP contribution >= 0.6 is 11.6 Å². The molecule has 0 aliphatic carbocycles. The van der Waals surface area contributed by atoms with Gasteiger partial charge in [0, 0.05) is 22.3 Å². The molecule has 6 nitrogen and oxygen atoms in total. The van der Waals surface area contributed by atoms with Gasteiger partial charge in [-0.05, 0) is 77.9 Å². The summed E-state index contributed by atoms with van der Waals surface area (Å²) >= 11 is 5.91. The van der Waals surface area contributed by atoms with Gasteiger partial charge in [0.25, 0.3) is 5.91 Å². The number of rotatable bonds is 10. The molecular weight excluding hydrogens is 519 g/mol. The van der Waals surface area contributed by atoms with Crippen LogP contribution in [0.5, 0.6) is 17.2 Å². The van der Waals surface area contributed by atoms with Crippen molar-refractivity contribution in [2.24, 2.45) is 0 Å². The van der Waals surface area contributed by atoms with E-state index in [2.05, 4.69) is 5.32 Å². The third-order valence-electron chi connectivity index (χ3n) is 5.62. The number of methoxy groups -OCH3 is 1. The predicted octanol–water partition coefficient (Wildman–Crippen LogP) is 7.19. The Labute approximate surface area is 230 Å². The van der Waals surface area contributed by atoms with Gasteiger partial charge in [0.1, 0.15) is 47.9 Å². The van der Waals surface area contributed by atoms with Gasteiger partial charge in [0.15, 0.2) is 0 Å². The van der Waals surface area contributed by atoms with Crippen LogP contribution in [0.1, 0.15) is 16.7 Å². The Morgan fingerprint density at radius 2 is 1.51 bits per heavy atom. The summed E-state index contributed by atoms with van der Waals surface area (Å²) in [5.74, 6) is 0.658. The molecule has 0 aliphatic heterocycles. The maximum absolute atomic E-state index is 13.2. The number of ether oxygens (including phenoxy) is 3. The van der Waals surface area contributed by atoms with Crippen LogP contribution in [0.3, 0.4) is 0 Å². The van der Waals surface area contributed by atoms with E-state index in [9.17, 15) is 14.4 Å². The van der Waals surface area contributed by atoms with Crippen LogP contribution in [0.4, 0.5) is 10.1 Å². The fourth-order valence-corrected chi connectivity index (χ4v) is 3.64. The number of carbonyl (C=O) groups is 1. The van der Waals surface area contributed by atoms with Gasteiger partial charge in [-0.3, -0.25) is 4.79 Å². The van der Waals surface area contributed by atoms with E-state index in [1.54, 1.807) is 66.7 Å². The van der Waals surface area contributed by atoms with E-state index >= 15 is 0 Å². The largest absolute Gasteiger partial charge is 0.497 e. The van der Waals surface area contributed by atoms with E-state index in [0.29, 0.717) is 40.1 Å². The Hall–Kier alpha value is -4.80. The van der Waals surface area contributed by atoms with Crippen LogP contribution in [0.25, 0.3) is 6.08 Å². The summed E-state index contributed by atoms with van der Waals surface area (Å²) in [7, 11) is 1.52. The van der Waals surface area contributed by atoms with E-state index in [4.69, 9.17) is 25.8 Å². The summed E-state index contributed by atoms with van der Waals surface area (Å²) < 4.78 is 30.2. The summed E-state index contributed by atoms with van der Waals surface area (Å²) in [6, 6.07) is 27.1. The molecule has 39 heavy (non-hydrogen) atoms. The zero-order chi connectivity index (χ0) is 27.6. The van der Waals surface area contributed by atoms with Gasteiger partial charge in [0.05, 0.1) is 7.11 Å². The molecule has 0 atom stereocenters. The van der Waals surface area contributed by atoms with E-state index < -0.39 is 5.91 Å². The number of halogens is 2.